The molecule has 0 aliphatic heterocycles. The second-order valence-corrected chi connectivity index (χ2v) is 5.97. The number of rotatable bonds is 3. The molecule has 3 aromatic rings. The number of hydrogen-bond acceptors (Lipinski definition) is 5. The number of nitrogens with zero attached hydrogens (tertiary/aromatic N) is 2. The van der Waals surface area contributed by atoms with Crippen LogP contribution in [0.2, 0.25) is 0 Å². The number of hydrogen-bond donors (Lipinski definition) is 1. The van der Waals surface area contributed by atoms with Gasteiger partial charge in [-0.2, -0.15) is 18.4 Å². The predicted molar refractivity (Wildman–Crippen MR) is 88.2 cm³/mol. The first-order chi connectivity index (χ1) is 11.9. The Kier molecular flexibility index (Phi) is 4.33. The van der Waals surface area contributed by atoms with Gasteiger partial charge in [-0.15, -0.1) is 0 Å². The summed E-state index contributed by atoms with van der Waals surface area (Å²) >= 11 is 0.931. The van der Waals surface area contributed by atoms with Crippen LogP contribution in [0, 0.1) is 11.3 Å². The molecule has 0 saturated carbocycles. The van der Waals surface area contributed by atoms with Crippen LogP contribution in [0.15, 0.2) is 48.5 Å². The minimum Gasteiger partial charge on any atom is -0.444 e. The molecule has 0 saturated heterocycles. The maximum atomic E-state index is 13.1. The number of alkyl halides is 3. The lowest BCUT2D eigenvalue weighted by atomic mass is 10.1. The summed E-state index contributed by atoms with van der Waals surface area (Å²) in [4.78, 5) is 4.12. The smallest absolute Gasteiger partial charge is 0.419 e. The summed E-state index contributed by atoms with van der Waals surface area (Å²) in [7, 11) is 0. The molecule has 25 heavy (non-hydrogen) atoms. The van der Waals surface area contributed by atoms with Crippen LogP contribution in [-0.2, 0) is 6.18 Å². The number of nitrogen functional groups attached to an aromatic ring is 1. The van der Waals surface area contributed by atoms with Gasteiger partial charge in [-0.05, 0) is 24.3 Å². The van der Waals surface area contributed by atoms with Crippen molar-refractivity contribution >= 4 is 16.5 Å². The van der Waals surface area contributed by atoms with Gasteiger partial charge in [-0.25, -0.2) is 4.98 Å². The number of thiazole rings is 1. The van der Waals surface area contributed by atoms with Crippen molar-refractivity contribution in [1.82, 2.24) is 4.98 Å². The van der Waals surface area contributed by atoms with Crippen LogP contribution in [-0.4, -0.2) is 4.98 Å². The van der Waals surface area contributed by atoms with E-state index in [1.807, 2.05) is 6.07 Å². The summed E-state index contributed by atoms with van der Waals surface area (Å²) in [6, 6.07) is 13.4. The number of benzene rings is 2. The van der Waals surface area contributed by atoms with Gasteiger partial charge < -0.3 is 10.5 Å². The van der Waals surface area contributed by atoms with Gasteiger partial charge in [0, 0.05) is 5.56 Å². The zero-order valence-corrected chi connectivity index (χ0v) is 13.4. The van der Waals surface area contributed by atoms with Crippen molar-refractivity contribution in [2.24, 2.45) is 0 Å². The summed E-state index contributed by atoms with van der Waals surface area (Å²) in [5.41, 5.74) is 6.03. The zero-order chi connectivity index (χ0) is 18.0. The molecular weight excluding hydrogens is 351 g/mol. The molecule has 4 nitrogen and oxygen atoms in total. The Labute approximate surface area is 144 Å². The molecule has 0 unspecified atom stereocenters. The quantitative estimate of drug-likeness (QED) is 0.706. The summed E-state index contributed by atoms with van der Waals surface area (Å²) in [5.74, 6) is -0.337. The molecule has 1 aromatic heterocycles. The minimum atomic E-state index is -4.55. The molecule has 1 heterocycles. The number of halogens is 3. The minimum absolute atomic E-state index is 0.129. The van der Waals surface area contributed by atoms with Crippen molar-refractivity contribution < 1.29 is 17.9 Å². The van der Waals surface area contributed by atoms with Crippen LogP contribution in [0.3, 0.4) is 0 Å². The summed E-state index contributed by atoms with van der Waals surface area (Å²) in [6.45, 7) is 0. The number of ether oxygens (including phenoxy) is 1. The molecule has 0 spiro atoms. The fraction of sp³-hybridized carbons (Fsp3) is 0.0588. The Morgan fingerprint density at radius 3 is 2.60 bits per heavy atom. The highest BCUT2D eigenvalue weighted by atomic mass is 32.1. The highest BCUT2D eigenvalue weighted by Crippen LogP contribution is 2.43. The van der Waals surface area contributed by atoms with Crippen LogP contribution in [0.1, 0.15) is 11.1 Å². The molecule has 0 aliphatic carbocycles. The molecular formula is C17H10F3N3OS. The Hall–Kier alpha value is -3.05. The summed E-state index contributed by atoms with van der Waals surface area (Å²) in [6.07, 6.45) is -4.55. The van der Waals surface area contributed by atoms with Gasteiger partial charge in [0.25, 0.3) is 0 Å². The largest absolute Gasteiger partial charge is 0.444 e. The van der Waals surface area contributed by atoms with Crippen molar-refractivity contribution in [3.05, 3.63) is 59.7 Å². The average molecular weight is 361 g/mol. The van der Waals surface area contributed by atoms with Crippen LogP contribution < -0.4 is 10.5 Å². The van der Waals surface area contributed by atoms with Gasteiger partial charge in [0.2, 0.25) is 5.06 Å². The Balaban J connectivity index is 2.05. The first-order valence-corrected chi connectivity index (χ1v) is 7.81. The van der Waals surface area contributed by atoms with Crippen molar-refractivity contribution in [3.63, 3.8) is 0 Å². The third kappa shape index (κ3) is 3.56. The van der Waals surface area contributed by atoms with Crippen LogP contribution >= 0.6 is 11.3 Å². The molecule has 2 N–H and O–H groups in total. The van der Waals surface area contributed by atoms with Crippen molar-refractivity contribution in [3.8, 4) is 28.1 Å². The third-order valence-corrected chi connectivity index (χ3v) is 4.04. The van der Waals surface area contributed by atoms with E-state index in [4.69, 9.17) is 15.7 Å². The lowest BCUT2D eigenvalue weighted by molar-refractivity contribution is -0.138. The van der Waals surface area contributed by atoms with E-state index in [0.29, 0.717) is 11.1 Å². The van der Waals surface area contributed by atoms with E-state index in [-0.39, 0.29) is 21.6 Å². The van der Waals surface area contributed by atoms with Gasteiger partial charge in [0.05, 0.1) is 17.2 Å². The second kappa shape index (κ2) is 6.45. The molecule has 0 bridgehead atoms. The molecule has 2 aromatic carbocycles. The monoisotopic (exact) mass is 361 g/mol. The fourth-order valence-corrected chi connectivity index (χ4v) is 2.92. The molecule has 3 rings (SSSR count). The maximum absolute atomic E-state index is 13.1. The number of nitriles is 1. The summed E-state index contributed by atoms with van der Waals surface area (Å²) < 4.78 is 44.9. The molecule has 0 aliphatic rings. The highest BCUT2D eigenvalue weighted by Gasteiger charge is 2.34. The molecule has 0 fully saturated rings. The molecule has 0 radical (unpaired) electrons. The molecule has 0 amide bonds. The fourth-order valence-electron chi connectivity index (χ4n) is 2.20. The lowest BCUT2D eigenvalue weighted by Gasteiger charge is -2.13. The van der Waals surface area contributed by atoms with Crippen LogP contribution in [0.5, 0.6) is 10.8 Å². The zero-order valence-electron chi connectivity index (χ0n) is 12.5. The number of aromatic nitrogens is 1. The first-order valence-electron chi connectivity index (χ1n) is 6.99. The SMILES string of the molecule is N#Cc1cccc(-c2nc(N)sc2Oc2ccccc2C(F)(F)F)c1. The summed E-state index contributed by atoms with van der Waals surface area (Å²) in [5, 5.41) is 9.27. The number of para-hydroxylation sites is 1. The average Bonchev–Trinajstić information content (AvgIpc) is 2.95. The van der Waals surface area contributed by atoms with E-state index in [1.54, 1.807) is 24.3 Å². The van der Waals surface area contributed by atoms with E-state index in [1.165, 1.54) is 18.2 Å². The van der Waals surface area contributed by atoms with E-state index in [0.717, 1.165) is 17.4 Å². The van der Waals surface area contributed by atoms with Crippen molar-refractivity contribution in [2.75, 3.05) is 5.73 Å². The Morgan fingerprint density at radius 1 is 1.12 bits per heavy atom. The van der Waals surface area contributed by atoms with Crippen LogP contribution in [0.4, 0.5) is 18.3 Å². The van der Waals surface area contributed by atoms with E-state index < -0.39 is 11.7 Å². The lowest BCUT2D eigenvalue weighted by Crippen LogP contribution is -2.06. The number of nitrogens with two attached hydrogens (primary N) is 1. The maximum Gasteiger partial charge on any atom is 0.419 e. The second-order valence-electron chi connectivity index (χ2n) is 4.98. The standard InChI is InChI=1S/C17H10F3N3OS/c18-17(19,20)12-6-1-2-7-13(12)24-15-14(23-16(22)25-15)11-5-3-4-10(8-11)9-21/h1-8H,(H2,22,23). The number of anilines is 1. The van der Waals surface area contributed by atoms with Gasteiger partial charge in [-0.3, -0.25) is 0 Å². The van der Waals surface area contributed by atoms with Gasteiger partial charge in [0.15, 0.2) is 5.13 Å². The van der Waals surface area contributed by atoms with Crippen LogP contribution in [0.25, 0.3) is 11.3 Å². The Bertz CT molecular complexity index is 960. The first kappa shape index (κ1) is 16.8. The van der Waals surface area contributed by atoms with Gasteiger partial charge >= 0.3 is 6.18 Å². The predicted octanol–water partition coefficient (Wildman–Crippen LogP) is 5.08. The third-order valence-electron chi connectivity index (χ3n) is 3.27. The normalized spacial score (nSPS) is 11.1. The molecule has 8 heteroatoms. The topological polar surface area (TPSA) is 71.9 Å². The van der Waals surface area contributed by atoms with E-state index in [2.05, 4.69) is 4.98 Å². The van der Waals surface area contributed by atoms with Gasteiger partial charge in [0.1, 0.15) is 11.4 Å². The van der Waals surface area contributed by atoms with E-state index in [9.17, 15) is 13.2 Å². The van der Waals surface area contributed by atoms with Crippen molar-refractivity contribution in [2.45, 2.75) is 6.18 Å². The Morgan fingerprint density at radius 2 is 1.88 bits per heavy atom. The molecule has 0 atom stereocenters. The van der Waals surface area contributed by atoms with E-state index >= 15 is 0 Å². The van der Waals surface area contributed by atoms with Crippen molar-refractivity contribution in [1.29, 1.82) is 5.26 Å². The molecule has 126 valence electrons. The highest BCUT2D eigenvalue weighted by molar-refractivity contribution is 7.17. The van der Waals surface area contributed by atoms with Gasteiger partial charge in [-0.1, -0.05) is 35.6 Å².